The summed E-state index contributed by atoms with van der Waals surface area (Å²) in [5.74, 6) is 1.07. The van der Waals surface area contributed by atoms with E-state index in [-0.39, 0.29) is 5.91 Å². The van der Waals surface area contributed by atoms with Gasteiger partial charge < -0.3 is 9.84 Å². The number of amides is 1. The maximum absolute atomic E-state index is 12.9. The van der Waals surface area contributed by atoms with Gasteiger partial charge in [-0.1, -0.05) is 41.3 Å². The van der Waals surface area contributed by atoms with E-state index in [0.29, 0.717) is 39.6 Å². The van der Waals surface area contributed by atoms with Crippen LogP contribution in [-0.2, 0) is 19.4 Å². The molecule has 2 heterocycles. The van der Waals surface area contributed by atoms with Gasteiger partial charge in [-0.05, 0) is 44.7 Å². The van der Waals surface area contributed by atoms with Crippen LogP contribution in [0.4, 0.5) is 5.69 Å². The summed E-state index contributed by atoms with van der Waals surface area (Å²) >= 11 is 12.6. The van der Waals surface area contributed by atoms with Gasteiger partial charge in [0.1, 0.15) is 5.76 Å². The molecule has 4 rings (SSSR count). The number of carbonyl (C=O) groups excluding carboxylic acids is 1. The lowest BCUT2D eigenvalue weighted by Gasteiger charge is -2.16. The topological polar surface area (TPSA) is 73.0 Å². The van der Waals surface area contributed by atoms with E-state index in [0.717, 1.165) is 41.8 Å². The van der Waals surface area contributed by atoms with E-state index < -0.39 is 0 Å². The molecular weight excluding hydrogens is 411 g/mol. The Labute approximate surface area is 179 Å². The third-order valence-corrected chi connectivity index (χ3v) is 6.20. The molecule has 0 bridgehead atoms. The lowest BCUT2D eigenvalue weighted by atomic mass is 9.88. The first kappa shape index (κ1) is 20.0. The van der Waals surface area contributed by atoms with Crippen LogP contribution in [0, 0.1) is 19.8 Å². The second-order valence-electron chi connectivity index (χ2n) is 7.64. The van der Waals surface area contributed by atoms with Crippen molar-refractivity contribution in [2.75, 3.05) is 5.32 Å². The molecule has 0 fully saturated rings. The minimum absolute atomic E-state index is 0.273. The van der Waals surface area contributed by atoms with Crippen molar-refractivity contribution in [2.24, 2.45) is 5.92 Å². The van der Waals surface area contributed by atoms with Crippen LogP contribution in [-0.4, -0.2) is 20.8 Å². The van der Waals surface area contributed by atoms with Gasteiger partial charge in [0.05, 0.1) is 23.6 Å². The summed E-state index contributed by atoms with van der Waals surface area (Å²) < 4.78 is 7.19. The van der Waals surface area contributed by atoms with Crippen LogP contribution in [0.25, 0.3) is 0 Å². The number of rotatable bonds is 4. The Balaban J connectivity index is 1.59. The normalized spacial score (nSPS) is 16.0. The molecule has 1 amide bonds. The Kier molecular flexibility index (Phi) is 5.40. The average molecular weight is 433 g/mol. The van der Waals surface area contributed by atoms with Gasteiger partial charge in [0.15, 0.2) is 5.69 Å². The smallest absolute Gasteiger partial charge is 0.278 e. The van der Waals surface area contributed by atoms with Crippen LogP contribution in [0.15, 0.2) is 22.7 Å². The second kappa shape index (κ2) is 7.84. The zero-order valence-corrected chi connectivity index (χ0v) is 18.1. The number of nitrogens with one attached hydrogen (secondary N) is 1. The van der Waals surface area contributed by atoms with E-state index in [4.69, 9.17) is 27.7 Å². The summed E-state index contributed by atoms with van der Waals surface area (Å²) in [5.41, 5.74) is 4.28. The van der Waals surface area contributed by atoms with Crippen molar-refractivity contribution < 1.29 is 9.32 Å². The fourth-order valence-corrected chi connectivity index (χ4v) is 4.31. The van der Waals surface area contributed by atoms with Crippen molar-refractivity contribution in [3.8, 4) is 0 Å². The van der Waals surface area contributed by atoms with E-state index in [9.17, 15) is 4.79 Å². The lowest BCUT2D eigenvalue weighted by molar-refractivity contribution is 0.101. The third kappa shape index (κ3) is 3.79. The molecule has 6 nitrogen and oxygen atoms in total. The molecule has 0 aliphatic heterocycles. The average Bonchev–Trinajstić information content (AvgIpc) is 3.20. The number of benzene rings is 1. The first-order valence-electron chi connectivity index (χ1n) is 9.60. The van der Waals surface area contributed by atoms with Crippen LogP contribution in [0.3, 0.4) is 0 Å². The number of fused-ring (bicyclic) bond motifs is 1. The largest absolute Gasteiger partial charge is 0.360 e. The molecule has 2 aromatic heterocycles. The number of aryl methyl sites for hydroxylation is 2. The highest BCUT2D eigenvalue weighted by molar-refractivity contribution is 6.36. The van der Waals surface area contributed by atoms with Crippen molar-refractivity contribution in [1.29, 1.82) is 0 Å². The van der Waals surface area contributed by atoms with E-state index >= 15 is 0 Å². The van der Waals surface area contributed by atoms with Crippen LogP contribution in [0.1, 0.15) is 52.1 Å². The van der Waals surface area contributed by atoms with Gasteiger partial charge in [-0.15, -0.1) is 0 Å². The predicted octanol–water partition coefficient (Wildman–Crippen LogP) is 5.22. The Morgan fingerprint density at radius 3 is 2.76 bits per heavy atom. The molecule has 0 saturated carbocycles. The van der Waals surface area contributed by atoms with Gasteiger partial charge >= 0.3 is 0 Å². The summed E-state index contributed by atoms with van der Waals surface area (Å²) in [6.07, 6.45) is 2.69. The highest BCUT2D eigenvalue weighted by Crippen LogP contribution is 2.30. The predicted molar refractivity (Wildman–Crippen MR) is 113 cm³/mol. The van der Waals surface area contributed by atoms with Gasteiger partial charge in [-0.2, -0.15) is 5.10 Å². The molecule has 1 N–H and O–H groups in total. The van der Waals surface area contributed by atoms with E-state index in [1.807, 2.05) is 13.8 Å². The van der Waals surface area contributed by atoms with Gasteiger partial charge in [-0.3, -0.25) is 9.48 Å². The van der Waals surface area contributed by atoms with Crippen molar-refractivity contribution in [3.63, 3.8) is 0 Å². The molecule has 8 heteroatoms. The molecule has 0 saturated heterocycles. The number of halogens is 2. The van der Waals surface area contributed by atoms with Crippen molar-refractivity contribution in [3.05, 3.63) is 62.2 Å². The number of hydrogen-bond acceptors (Lipinski definition) is 4. The SMILES string of the molecule is Cc1nn(Cc2c(Cl)cccc2Cl)c(C)c1NC(=O)c1noc2c1CC(C)CC2. The standard InChI is InChI=1S/C21H22Cl2N4O2/c1-11-7-8-18-14(9-11)20(26-29-18)21(28)24-19-12(2)25-27(13(19)3)10-15-16(22)5-4-6-17(15)23/h4-6,11H,7-10H2,1-3H3,(H,24,28). The van der Waals surface area contributed by atoms with Crippen LogP contribution in [0.5, 0.6) is 0 Å². The molecule has 152 valence electrons. The minimum atomic E-state index is -0.273. The molecule has 0 radical (unpaired) electrons. The molecule has 1 aromatic carbocycles. The van der Waals surface area contributed by atoms with Gasteiger partial charge in [0.25, 0.3) is 5.91 Å². The van der Waals surface area contributed by atoms with Crippen LogP contribution >= 0.6 is 23.2 Å². The number of nitrogens with zero attached hydrogens (tertiary/aromatic N) is 3. The van der Waals surface area contributed by atoms with Gasteiger partial charge in [-0.25, -0.2) is 0 Å². The molecule has 3 aromatic rings. The molecule has 29 heavy (non-hydrogen) atoms. The fourth-order valence-electron chi connectivity index (χ4n) is 3.79. The third-order valence-electron chi connectivity index (χ3n) is 5.49. The maximum atomic E-state index is 12.9. The molecule has 1 aliphatic rings. The van der Waals surface area contributed by atoms with E-state index in [1.54, 1.807) is 22.9 Å². The summed E-state index contributed by atoms with van der Waals surface area (Å²) in [6.45, 7) is 6.35. The van der Waals surface area contributed by atoms with Crippen molar-refractivity contribution in [1.82, 2.24) is 14.9 Å². The second-order valence-corrected chi connectivity index (χ2v) is 8.45. The summed E-state index contributed by atoms with van der Waals surface area (Å²) in [4.78, 5) is 12.9. The Morgan fingerprint density at radius 1 is 1.31 bits per heavy atom. The van der Waals surface area contributed by atoms with Gasteiger partial charge in [0, 0.05) is 27.6 Å². The molecule has 0 spiro atoms. The first-order chi connectivity index (χ1) is 13.8. The zero-order chi connectivity index (χ0) is 20.7. The van der Waals surface area contributed by atoms with Crippen molar-refractivity contribution in [2.45, 2.75) is 46.6 Å². The van der Waals surface area contributed by atoms with E-state index in [1.165, 1.54) is 0 Å². The first-order valence-corrected chi connectivity index (χ1v) is 10.4. The summed E-state index contributed by atoms with van der Waals surface area (Å²) in [6, 6.07) is 5.40. The highest BCUT2D eigenvalue weighted by atomic mass is 35.5. The molecule has 1 aliphatic carbocycles. The Bertz CT molecular complexity index is 1070. The molecular formula is C21H22Cl2N4O2. The number of hydrogen-bond donors (Lipinski definition) is 1. The maximum Gasteiger partial charge on any atom is 0.278 e. The number of carbonyl (C=O) groups is 1. The van der Waals surface area contributed by atoms with Crippen LogP contribution < -0.4 is 5.32 Å². The Hall–Kier alpha value is -2.31. The van der Waals surface area contributed by atoms with Gasteiger partial charge in [0.2, 0.25) is 0 Å². The monoisotopic (exact) mass is 432 g/mol. The quantitative estimate of drug-likeness (QED) is 0.612. The number of anilines is 1. The summed E-state index contributed by atoms with van der Waals surface area (Å²) in [5, 5.41) is 12.7. The Morgan fingerprint density at radius 2 is 2.03 bits per heavy atom. The summed E-state index contributed by atoms with van der Waals surface area (Å²) in [7, 11) is 0. The van der Waals surface area contributed by atoms with Crippen LogP contribution in [0.2, 0.25) is 10.0 Å². The lowest BCUT2D eigenvalue weighted by Crippen LogP contribution is -2.18. The number of aromatic nitrogens is 3. The zero-order valence-electron chi connectivity index (χ0n) is 16.6. The van der Waals surface area contributed by atoms with Crippen molar-refractivity contribution >= 4 is 34.8 Å². The molecule has 1 unspecified atom stereocenters. The minimum Gasteiger partial charge on any atom is -0.360 e. The molecule has 1 atom stereocenters. The highest BCUT2D eigenvalue weighted by Gasteiger charge is 2.28. The van der Waals surface area contributed by atoms with E-state index in [2.05, 4.69) is 22.5 Å². The fraction of sp³-hybridized carbons (Fsp3) is 0.381.